The van der Waals surface area contributed by atoms with Crippen molar-refractivity contribution in [2.45, 2.75) is 31.6 Å². The topological polar surface area (TPSA) is 12.9 Å². The number of rotatable bonds is 2. The lowest BCUT2D eigenvalue weighted by Crippen LogP contribution is -2.12. The molecule has 1 heterocycles. The molecule has 1 aliphatic carbocycles. The first-order chi connectivity index (χ1) is 6.42. The fraction of sp³-hybridized carbons (Fsp3) is 0.545. The van der Waals surface area contributed by atoms with Crippen LogP contribution in [0.3, 0.4) is 0 Å². The second-order valence-electron chi connectivity index (χ2n) is 3.65. The Bertz CT molecular complexity index is 285. The Hall–Kier alpha value is -0.500. The maximum absolute atomic E-state index is 4.49. The predicted molar refractivity (Wildman–Crippen MR) is 58.4 cm³/mol. The van der Waals surface area contributed by atoms with E-state index in [2.05, 4.69) is 23.7 Å². The van der Waals surface area contributed by atoms with Gasteiger partial charge in [-0.2, -0.15) is 12.6 Å². The number of aromatic nitrogens is 1. The van der Waals surface area contributed by atoms with Crippen molar-refractivity contribution in [2.24, 2.45) is 0 Å². The lowest BCUT2D eigenvalue weighted by molar-refractivity contribution is 0.528. The summed E-state index contributed by atoms with van der Waals surface area (Å²) in [4.78, 5) is 4.49. The molecule has 13 heavy (non-hydrogen) atoms. The highest BCUT2D eigenvalue weighted by Crippen LogP contribution is 2.32. The molecule has 0 bridgehead atoms. The molecule has 70 valence electrons. The van der Waals surface area contributed by atoms with Crippen LogP contribution in [-0.2, 0) is 6.42 Å². The summed E-state index contributed by atoms with van der Waals surface area (Å²) in [5.74, 6) is 1.64. The minimum Gasteiger partial charge on any atom is -0.261 e. The first kappa shape index (κ1) is 9.07. The zero-order chi connectivity index (χ0) is 9.10. The third-order valence-electron chi connectivity index (χ3n) is 2.79. The standard InChI is InChI=1S/C11H15NS/c13-8-6-10-4-1-3-9-5-2-7-12-11(9)10/h2,5,7,10,13H,1,3-4,6,8H2. The molecule has 0 amide bonds. The molecule has 1 unspecified atom stereocenters. The number of thiol groups is 1. The van der Waals surface area contributed by atoms with E-state index < -0.39 is 0 Å². The van der Waals surface area contributed by atoms with Gasteiger partial charge in [0.25, 0.3) is 0 Å². The van der Waals surface area contributed by atoms with E-state index in [1.54, 1.807) is 0 Å². The van der Waals surface area contributed by atoms with Gasteiger partial charge in [0.1, 0.15) is 0 Å². The fourth-order valence-electron chi connectivity index (χ4n) is 2.14. The van der Waals surface area contributed by atoms with Crippen LogP contribution in [0, 0.1) is 0 Å². The average molecular weight is 193 g/mol. The van der Waals surface area contributed by atoms with Crippen LogP contribution in [0.1, 0.15) is 36.4 Å². The molecule has 1 aromatic rings. The molecule has 0 saturated heterocycles. The molecule has 1 aliphatic rings. The van der Waals surface area contributed by atoms with Gasteiger partial charge in [0.15, 0.2) is 0 Å². The van der Waals surface area contributed by atoms with Gasteiger partial charge in [0.2, 0.25) is 0 Å². The van der Waals surface area contributed by atoms with Crippen molar-refractivity contribution in [2.75, 3.05) is 5.75 Å². The zero-order valence-electron chi connectivity index (χ0n) is 7.74. The quantitative estimate of drug-likeness (QED) is 0.713. The van der Waals surface area contributed by atoms with Crippen LogP contribution in [0.15, 0.2) is 18.3 Å². The zero-order valence-corrected chi connectivity index (χ0v) is 8.63. The van der Waals surface area contributed by atoms with Crippen molar-refractivity contribution in [1.82, 2.24) is 4.98 Å². The molecular formula is C11H15NS. The Labute approximate surface area is 85.0 Å². The third-order valence-corrected chi connectivity index (χ3v) is 3.05. The molecule has 0 saturated carbocycles. The lowest BCUT2D eigenvalue weighted by Gasteiger charge is -2.23. The molecule has 1 aromatic heterocycles. The smallest absolute Gasteiger partial charge is 0.0466 e. The molecule has 0 spiro atoms. The van der Waals surface area contributed by atoms with E-state index in [-0.39, 0.29) is 0 Å². The molecule has 2 rings (SSSR count). The average Bonchev–Trinajstić information content (AvgIpc) is 2.19. The molecule has 0 radical (unpaired) electrons. The molecule has 0 aliphatic heterocycles. The van der Waals surface area contributed by atoms with E-state index in [1.807, 2.05) is 12.3 Å². The summed E-state index contributed by atoms with van der Waals surface area (Å²) in [5.41, 5.74) is 2.79. The van der Waals surface area contributed by atoms with Crippen molar-refractivity contribution in [3.05, 3.63) is 29.6 Å². The number of hydrogen-bond acceptors (Lipinski definition) is 2. The van der Waals surface area contributed by atoms with Gasteiger partial charge in [-0.05, 0) is 43.1 Å². The Morgan fingerprint density at radius 2 is 2.46 bits per heavy atom. The Morgan fingerprint density at radius 3 is 3.31 bits per heavy atom. The van der Waals surface area contributed by atoms with Gasteiger partial charge < -0.3 is 0 Å². The van der Waals surface area contributed by atoms with E-state index in [0.29, 0.717) is 5.92 Å². The van der Waals surface area contributed by atoms with Gasteiger partial charge in [0.05, 0.1) is 0 Å². The van der Waals surface area contributed by atoms with E-state index in [9.17, 15) is 0 Å². The van der Waals surface area contributed by atoms with E-state index in [1.165, 1.54) is 36.9 Å². The Morgan fingerprint density at radius 1 is 1.54 bits per heavy atom. The van der Waals surface area contributed by atoms with Crippen LogP contribution in [0.4, 0.5) is 0 Å². The highest BCUT2D eigenvalue weighted by Gasteiger charge is 2.19. The van der Waals surface area contributed by atoms with Gasteiger partial charge in [-0.1, -0.05) is 6.07 Å². The summed E-state index contributed by atoms with van der Waals surface area (Å²) in [6.07, 6.45) is 6.91. The van der Waals surface area contributed by atoms with Crippen LogP contribution >= 0.6 is 12.6 Å². The highest BCUT2D eigenvalue weighted by molar-refractivity contribution is 7.80. The summed E-state index contributed by atoms with van der Waals surface area (Å²) >= 11 is 4.29. The van der Waals surface area contributed by atoms with Crippen LogP contribution in [0.2, 0.25) is 0 Å². The van der Waals surface area contributed by atoms with Gasteiger partial charge in [-0.15, -0.1) is 0 Å². The Balaban J connectivity index is 2.26. The molecule has 0 aromatic carbocycles. The van der Waals surface area contributed by atoms with Gasteiger partial charge in [0, 0.05) is 17.8 Å². The molecule has 1 nitrogen and oxygen atoms in total. The number of aryl methyl sites for hydroxylation is 1. The third kappa shape index (κ3) is 1.88. The van der Waals surface area contributed by atoms with Crippen LogP contribution in [0.5, 0.6) is 0 Å². The predicted octanol–water partition coefficient (Wildman–Crippen LogP) is 2.82. The van der Waals surface area contributed by atoms with Gasteiger partial charge >= 0.3 is 0 Å². The molecule has 0 N–H and O–H groups in total. The van der Waals surface area contributed by atoms with Crippen molar-refractivity contribution in [3.8, 4) is 0 Å². The minimum absolute atomic E-state index is 0.669. The number of pyridine rings is 1. The molecule has 1 atom stereocenters. The van der Waals surface area contributed by atoms with Crippen LogP contribution in [0.25, 0.3) is 0 Å². The summed E-state index contributed by atoms with van der Waals surface area (Å²) in [6, 6.07) is 4.26. The Kier molecular flexibility index (Phi) is 2.89. The first-order valence-electron chi connectivity index (χ1n) is 4.96. The lowest BCUT2D eigenvalue weighted by atomic mass is 9.85. The first-order valence-corrected chi connectivity index (χ1v) is 5.59. The summed E-state index contributed by atoms with van der Waals surface area (Å²) in [6.45, 7) is 0. The number of nitrogens with zero attached hydrogens (tertiary/aromatic N) is 1. The van der Waals surface area contributed by atoms with Gasteiger partial charge in [-0.25, -0.2) is 0 Å². The largest absolute Gasteiger partial charge is 0.261 e. The van der Waals surface area contributed by atoms with E-state index in [0.717, 1.165) is 5.75 Å². The molecule has 0 fully saturated rings. The fourth-order valence-corrected chi connectivity index (χ4v) is 2.45. The molecular weight excluding hydrogens is 178 g/mol. The maximum atomic E-state index is 4.49. The van der Waals surface area contributed by atoms with Gasteiger partial charge in [-0.3, -0.25) is 4.98 Å². The summed E-state index contributed by atoms with van der Waals surface area (Å²) in [5, 5.41) is 0. The highest BCUT2D eigenvalue weighted by atomic mass is 32.1. The van der Waals surface area contributed by atoms with Crippen molar-refractivity contribution >= 4 is 12.6 Å². The molecule has 2 heteroatoms. The second kappa shape index (κ2) is 4.14. The van der Waals surface area contributed by atoms with E-state index in [4.69, 9.17) is 0 Å². The van der Waals surface area contributed by atoms with Crippen molar-refractivity contribution in [1.29, 1.82) is 0 Å². The van der Waals surface area contributed by atoms with E-state index >= 15 is 0 Å². The number of fused-ring (bicyclic) bond motifs is 1. The monoisotopic (exact) mass is 193 g/mol. The summed E-state index contributed by atoms with van der Waals surface area (Å²) < 4.78 is 0. The maximum Gasteiger partial charge on any atom is 0.0466 e. The van der Waals surface area contributed by atoms with Crippen molar-refractivity contribution < 1.29 is 0 Å². The van der Waals surface area contributed by atoms with Crippen LogP contribution < -0.4 is 0 Å². The normalized spacial score (nSPS) is 21.2. The van der Waals surface area contributed by atoms with Crippen LogP contribution in [-0.4, -0.2) is 10.7 Å². The summed E-state index contributed by atoms with van der Waals surface area (Å²) in [7, 11) is 0. The minimum atomic E-state index is 0.669. The number of hydrogen-bond donors (Lipinski definition) is 1. The SMILES string of the molecule is SCCC1CCCc2cccnc21. The second-order valence-corrected chi connectivity index (χ2v) is 4.10. The van der Waals surface area contributed by atoms with Crippen molar-refractivity contribution in [3.63, 3.8) is 0 Å².